The molecule has 0 aromatic heterocycles. The maximum absolute atomic E-state index is 12.4. The molecule has 3 aromatic carbocycles. The van der Waals surface area contributed by atoms with Gasteiger partial charge in [-0.05, 0) is 53.3 Å². The molecular weight excluding hydrogens is 404 g/mol. The van der Waals surface area contributed by atoms with Crippen LogP contribution in [0.5, 0.6) is 0 Å². The number of nitrogens with one attached hydrogen (secondary N) is 1. The summed E-state index contributed by atoms with van der Waals surface area (Å²) >= 11 is 0. The van der Waals surface area contributed by atoms with Crippen LogP contribution in [0.3, 0.4) is 0 Å². The monoisotopic (exact) mass is 430 g/mol. The Hall–Kier alpha value is -3.97. The van der Waals surface area contributed by atoms with Gasteiger partial charge in [0.25, 0.3) is 5.91 Å². The van der Waals surface area contributed by atoms with E-state index in [9.17, 15) is 9.59 Å². The van der Waals surface area contributed by atoms with E-state index in [1.165, 1.54) is 5.56 Å². The zero-order valence-corrected chi connectivity index (χ0v) is 17.8. The SMILES string of the molecule is Cc1ccccc1-c1ccccc1CNC(N)=NC(=O)c1ccc(C[C@H](N)C(=O)O)cc1. The number of hydrogen-bond donors (Lipinski definition) is 4. The van der Waals surface area contributed by atoms with Crippen molar-refractivity contribution in [3.63, 3.8) is 0 Å². The standard InChI is InChI=1S/C25H26N4O3/c1-16-6-2-4-8-20(16)21-9-5-3-7-19(21)15-28-25(27)29-23(30)18-12-10-17(11-13-18)14-22(26)24(31)32/h2-13,22H,14-15,26H2,1H3,(H,31,32)(H3,27,28,29,30)/t22-/m0/s1. The number of amides is 1. The van der Waals surface area contributed by atoms with Crippen LogP contribution in [0.25, 0.3) is 11.1 Å². The molecule has 0 unspecified atom stereocenters. The predicted molar refractivity (Wildman–Crippen MR) is 125 cm³/mol. The van der Waals surface area contributed by atoms with E-state index in [4.69, 9.17) is 16.6 Å². The maximum atomic E-state index is 12.4. The van der Waals surface area contributed by atoms with Crippen molar-refractivity contribution in [3.8, 4) is 11.1 Å². The van der Waals surface area contributed by atoms with Crippen molar-refractivity contribution in [2.75, 3.05) is 0 Å². The summed E-state index contributed by atoms with van der Waals surface area (Å²) in [4.78, 5) is 27.2. The first-order valence-corrected chi connectivity index (χ1v) is 10.2. The largest absolute Gasteiger partial charge is 0.480 e. The molecule has 7 nitrogen and oxygen atoms in total. The molecule has 0 bridgehead atoms. The third kappa shape index (κ3) is 5.80. The summed E-state index contributed by atoms with van der Waals surface area (Å²) in [6, 6.07) is 21.6. The van der Waals surface area contributed by atoms with Gasteiger partial charge in [0.2, 0.25) is 0 Å². The van der Waals surface area contributed by atoms with E-state index in [1.807, 2.05) is 30.3 Å². The van der Waals surface area contributed by atoms with E-state index in [1.54, 1.807) is 24.3 Å². The minimum atomic E-state index is -1.07. The average molecular weight is 431 g/mol. The Morgan fingerprint density at radius 3 is 2.25 bits per heavy atom. The molecule has 32 heavy (non-hydrogen) atoms. The van der Waals surface area contributed by atoms with Crippen LogP contribution in [0.4, 0.5) is 0 Å². The lowest BCUT2D eigenvalue weighted by Crippen LogP contribution is -2.32. The van der Waals surface area contributed by atoms with E-state index >= 15 is 0 Å². The minimum absolute atomic E-state index is 0.0200. The summed E-state index contributed by atoms with van der Waals surface area (Å²) in [6.07, 6.45) is 0.178. The summed E-state index contributed by atoms with van der Waals surface area (Å²) in [5, 5.41) is 11.9. The van der Waals surface area contributed by atoms with E-state index in [2.05, 4.69) is 35.4 Å². The van der Waals surface area contributed by atoms with Gasteiger partial charge in [0.05, 0.1) is 0 Å². The van der Waals surface area contributed by atoms with Crippen molar-refractivity contribution in [2.24, 2.45) is 16.5 Å². The Balaban J connectivity index is 1.66. The highest BCUT2D eigenvalue weighted by atomic mass is 16.4. The predicted octanol–water partition coefficient (Wildman–Crippen LogP) is 2.86. The molecule has 0 aliphatic rings. The van der Waals surface area contributed by atoms with Crippen LogP contribution in [0.15, 0.2) is 77.8 Å². The number of nitrogens with two attached hydrogens (primary N) is 2. The molecule has 1 amide bonds. The van der Waals surface area contributed by atoms with Crippen LogP contribution in [-0.2, 0) is 17.8 Å². The van der Waals surface area contributed by atoms with Crippen LogP contribution in [0, 0.1) is 6.92 Å². The summed E-state index contributed by atoms with van der Waals surface area (Å²) in [5.41, 5.74) is 17.0. The Bertz CT molecular complexity index is 1140. The quantitative estimate of drug-likeness (QED) is 0.337. The van der Waals surface area contributed by atoms with E-state index in [0.29, 0.717) is 12.1 Å². The molecule has 0 fully saturated rings. The molecule has 3 rings (SSSR count). The second-order valence-corrected chi connectivity index (χ2v) is 7.47. The van der Waals surface area contributed by atoms with Crippen molar-refractivity contribution in [1.82, 2.24) is 5.32 Å². The zero-order valence-electron chi connectivity index (χ0n) is 17.8. The van der Waals surface area contributed by atoms with Crippen molar-refractivity contribution < 1.29 is 14.7 Å². The molecule has 0 saturated carbocycles. The number of carboxylic acid groups (broad SMARTS) is 1. The van der Waals surface area contributed by atoms with Crippen molar-refractivity contribution in [2.45, 2.75) is 25.9 Å². The highest BCUT2D eigenvalue weighted by Crippen LogP contribution is 2.26. The van der Waals surface area contributed by atoms with E-state index < -0.39 is 17.9 Å². The molecule has 6 N–H and O–H groups in total. The number of carboxylic acids is 1. The Morgan fingerprint density at radius 2 is 1.59 bits per heavy atom. The van der Waals surface area contributed by atoms with Crippen LogP contribution in [0.2, 0.25) is 0 Å². The second kappa shape index (κ2) is 10.4. The van der Waals surface area contributed by atoms with E-state index in [-0.39, 0.29) is 12.4 Å². The van der Waals surface area contributed by atoms with Gasteiger partial charge in [0.1, 0.15) is 6.04 Å². The Labute approximate surface area is 186 Å². The van der Waals surface area contributed by atoms with Gasteiger partial charge in [-0.15, -0.1) is 0 Å². The molecular formula is C25H26N4O3. The molecule has 0 heterocycles. The summed E-state index contributed by atoms with van der Waals surface area (Å²) in [6.45, 7) is 2.48. The number of benzene rings is 3. The molecule has 0 spiro atoms. The number of carbonyl (C=O) groups is 2. The number of rotatable bonds is 7. The van der Waals surface area contributed by atoms with Gasteiger partial charge >= 0.3 is 5.97 Å². The van der Waals surface area contributed by atoms with Gasteiger partial charge in [-0.3, -0.25) is 9.59 Å². The maximum Gasteiger partial charge on any atom is 0.320 e. The lowest BCUT2D eigenvalue weighted by Gasteiger charge is -2.13. The third-order valence-electron chi connectivity index (χ3n) is 5.11. The van der Waals surface area contributed by atoms with Crippen LogP contribution < -0.4 is 16.8 Å². The first-order chi connectivity index (χ1) is 15.3. The van der Waals surface area contributed by atoms with Crippen molar-refractivity contribution >= 4 is 17.8 Å². The third-order valence-corrected chi connectivity index (χ3v) is 5.11. The number of aliphatic imine (C=N–C) groups is 1. The fourth-order valence-electron chi connectivity index (χ4n) is 3.34. The van der Waals surface area contributed by atoms with Gasteiger partial charge < -0.3 is 21.9 Å². The number of aliphatic carboxylic acids is 1. The number of carbonyl (C=O) groups excluding carboxylic acids is 1. The molecule has 0 radical (unpaired) electrons. The molecule has 7 heteroatoms. The number of hydrogen-bond acceptors (Lipinski definition) is 3. The first-order valence-electron chi connectivity index (χ1n) is 10.2. The van der Waals surface area contributed by atoms with Gasteiger partial charge in [0.15, 0.2) is 5.96 Å². The number of guanidine groups is 1. The van der Waals surface area contributed by atoms with Crippen molar-refractivity contribution in [3.05, 3.63) is 95.1 Å². The van der Waals surface area contributed by atoms with Crippen LogP contribution >= 0.6 is 0 Å². The fraction of sp³-hybridized carbons (Fsp3) is 0.160. The van der Waals surface area contributed by atoms with Gasteiger partial charge in [-0.2, -0.15) is 4.99 Å². The van der Waals surface area contributed by atoms with Gasteiger partial charge in [-0.1, -0.05) is 60.7 Å². The average Bonchev–Trinajstić information content (AvgIpc) is 2.78. The second-order valence-electron chi connectivity index (χ2n) is 7.47. The lowest BCUT2D eigenvalue weighted by molar-refractivity contribution is -0.138. The van der Waals surface area contributed by atoms with E-state index in [0.717, 1.165) is 22.3 Å². The molecule has 0 aliphatic carbocycles. The normalized spacial score (nSPS) is 12.2. The van der Waals surface area contributed by atoms with Gasteiger partial charge in [-0.25, -0.2) is 0 Å². The number of nitrogens with zero attached hydrogens (tertiary/aromatic N) is 1. The molecule has 0 saturated heterocycles. The Kier molecular flexibility index (Phi) is 7.36. The van der Waals surface area contributed by atoms with Crippen molar-refractivity contribution in [1.29, 1.82) is 0 Å². The van der Waals surface area contributed by atoms with Crippen LogP contribution in [-0.4, -0.2) is 29.0 Å². The minimum Gasteiger partial charge on any atom is -0.480 e. The van der Waals surface area contributed by atoms with Gasteiger partial charge in [0, 0.05) is 12.1 Å². The summed E-state index contributed by atoms with van der Waals surface area (Å²) in [5.74, 6) is -1.54. The topological polar surface area (TPSA) is 131 Å². The summed E-state index contributed by atoms with van der Waals surface area (Å²) in [7, 11) is 0. The fourth-order valence-corrected chi connectivity index (χ4v) is 3.34. The van der Waals surface area contributed by atoms with Crippen LogP contribution in [0.1, 0.15) is 27.0 Å². The molecule has 164 valence electrons. The first kappa shape index (κ1) is 22.7. The highest BCUT2D eigenvalue weighted by Gasteiger charge is 2.13. The molecule has 0 aliphatic heterocycles. The smallest absolute Gasteiger partial charge is 0.320 e. The lowest BCUT2D eigenvalue weighted by atomic mass is 9.96. The molecule has 1 atom stereocenters. The molecule has 3 aromatic rings. The summed E-state index contributed by atoms with van der Waals surface area (Å²) < 4.78 is 0. The zero-order chi connectivity index (χ0) is 23.1. The Morgan fingerprint density at radius 1 is 0.969 bits per heavy atom. The highest BCUT2D eigenvalue weighted by molar-refractivity contribution is 6.02. The number of aryl methyl sites for hydroxylation is 1.